The number of rotatable bonds is 7. The zero-order valence-corrected chi connectivity index (χ0v) is 12.3. The molecule has 2 heterocycles. The highest BCUT2D eigenvalue weighted by molar-refractivity contribution is 5.18. The van der Waals surface area contributed by atoms with E-state index in [4.69, 9.17) is 0 Å². The maximum absolute atomic E-state index is 4.34. The molecule has 0 bridgehead atoms. The van der Waals surface area contributed by atoms with Crippen LogP contribution in [0.15, 0.2) is 24.8 Å². The molecule has 1 aliphatic carbocycles. The highest BCUT2D eigenvalue weighted by Crippen LogP contribution is 2.41. The first kappa shape index (κ1) is 13.4. The van der Waals surface area contributed by atoms with Crippen molar-refractivity contribution >= 4 is 0 Å². The average molecular weight is 273 g/mol. The monoisotopic (exact) mass is 273 g/mol. The Hall–Kier alpha value is -1.62. The third-order valence-electron chi connectivity index (χ3n) is 3.97. The predicted molar refractivity (Wildman–Crippen MR) is 78.4 cm³/mol. The van der Waals surface area contributed by atoms with Gasteiger partial charge in [0, 0.05) is 25.0 Å². The van der Waals surface area contributed by atoms with Gasteiger partial charge in [-0.05, 0) is 43.9 Å². The molecule has 0 aromatic carbocycles. The topological polar surface area (TPSA) is 47.7 Å². The van der Waals surface area contributed by atoms with Crippen LogP contribution in [0, 0.1) is 5.92 Å². The Balaban J connectivity index is 1.72. The van der Waals surface area contributed by atoms with Crippen molar-refractivity contribution in [2.45, 2.75) is 45.8 Å². The average Bonchev–Trinajstić information content (AvgIpc) is 3.02. The van der Waals surface area contributed by atoms with Gasteiger partial charge >= 0.3 is 0 Å². The summed E-state index contributed by atoms with van der Waals surface area (Å²) in [6.45, 7) is 6.95. The van der Waals surface area contributed by atoms with Crippen LogP contribution in [0.4, 0.5) is 0 Å². The molecular weight excluding hydrogens is 250 g/mol. The maximum Gasteiger partial charge on any atom is 0.146 e. The minimum absolute atomic E-state index is 0.519. The molecule has 5 heteroatoms. The molecule has 1 aliphatic rings. The molecule has 0 spiro atoms. The summed E-state index contributed by atoms with van der Waals surface area (Å²) in [5, 5.41) is 7.83. The second-order valence-corrected chi connectivity index (χ2v) is 5.48. The van der Waals surface area contributed by atoms with E-state index < -0.39 is 0 Å². The molecule has 0 aliphatic heterocycles. The number of hydrogen-bond donors (Lipinski definition) is 1. The fraction of sp³-hybridized carbons (Fsp3) is 0.600. The van der Waals surface area contributed by atoms with Crippen LogP contribution in [-0.2, 0) is 13.1 Å². The molecule has 1 N–H and O–H groups in total. The van der Waals surface area contributed by atoms with E-state index in [-0.39, 0.29) is 0 Å². The molecule has 1 saturated carbocycles. The zero-order valence-electron chi connectivity index (χ0n) is 12.3. The molecule has 5 nitrogen and oxygen atoms in total. The third-order valence-corrected chi connectivity index (χ3v) is 3.97. The van der Waals surface area contributed by atoms with Gasteiger partial charge in [-0.15, -0.1) is 0 Å². The number of aryl methyl sites for hydroxylation is 1. The summed E-state index contributed by atoms with van der Waals surface area (Å²) >= 11 is 0. The van der Waals surface area contributed by atoms with E-state index >= 15 is 0 Å². The second kappa shape index (κ2) is 5.79. The van der Waals surface area contributed by atoms with Gasteiger partial charge in [0.1, 0.15) is 12.2 Å². The van der Waals surface area contributed by atoms with Crippen molar-refractivity contribution in [1.29, 1.82) is 0 Å². The maximum atomic E-state index is 4.34. The van der Waals surface area contributed by atoms with Crippen LogP contribution in [0.2, 0.25) is 0 Å². The molecule has 3 rings (SSSR count). The summed E-state index contributed by atoms with van der Waals surface area (Å²) in [5.74, 6) is 1.84. The Bertz CT molecular complexity index is 552. The minimum atomic E-state index is 0.519. The smallest absolute Gasteiger partial charge is 0.146 e. The summed E-state index contributed by atoms with van der Waals surface area (Å²) in [5.41, 5.74) is 1.40. The van der Waals surface area contributed by atoms with E-state index in [1.165, 1.54) is 18.4 Å². The van der Waals surface area contributed by atoms with Gasteiger partial charge in [0.05, 0.1) is 6.54 Å². The van der Waals surface area contributed by atoms with E-state index in [9.17, 15) is 0 Å². The SMILES string of the molecule is CCNC(c1ccn(Cc2ncnn2CC)c1)C1CC1. The summed E-state index contributed by atoms with van der Waals surface area (Å²) in [7, 11) is 0. The molecule has 1 fully saturated rings. The van der Waals surface area contributed by atoms with Crippen molar-refractivity contribution in [2.75, 3.05) is 6.54 Å². The third kappa shape index (κ3) is 2.77. The number of hydrogen-bond acceptors (Lipinski definition) is 3. The summed E-state index contributed by atoms with van der Waals surface area (Å²) in [4.78, 5) is 4.34. The minimum Gasteiger partial charge on any atom is -0.346 e. The number of nitrogens with zero attached hydrogens (tertiary/aromatic N) is 4. The summed E-state index contributed by atoms with van der Waals surface area (Å²) in [6, 6.07) is 2.75. The molecule has 1 atom stereocenters. The van der Waals surface area contributed by atoms with E-state index in [2.05, 4.69) is 52.3 Å². The second-order valence-electron chi connectivity index (χ2n) is 5.48. The molecule has 0 amide bonds. The molecular formula is C15H23N5. The van der Waals surface area contributed by atoms with Crippen molar-refractivity contribution in [3.63, 3.8) is 0 Å². The van der Waals surface area contributed by atoms with Crippen molar-refractivity contribution in [3.05, 3.63) is 36.2 Å². The van der Waals surface area contributed by atoms with Crippen molar-refractivity contribution < 1.29 is 0 Å². The number of nitrogens with one attached hydrogen (secondary N) is 1. The molecule has 20 heavy (non-hydrogen) atoms. The molecule has 2 aromatic rings. The van der Waals surface area contributed by atoms with Gasteiger partial charge in [-0.3, -0.25) is 0 Å². The highest BCUT2D eigenvalue weighted by atomic mass is 15.3. The Morgan fingerprint density at radius 3 is 2.95 bits per heavy atom. The van der Waals surface area contributed by atoms with Crippen molar-refractivity contribution in [1.82, 2.24) is 24.6 Å². The van der Waals surface area contributed by atoms with Crippen LogP contribution in [0.5, 0.6) is 0 Å². The van der Waals surface area contributed by atoms with Gasteiger partial charge in [-0.1, -0.05) is 6.92 Å². The highest BCUT2D eigenvalue weighted by Gasteiger charge is 2.32. The lowest BCUT2D eigenvalue weighted by molar-refractivity contribution is 0.495. The van der Waals surface area contributed by atoms with Crippen LogP contribution in [0.25, 0.3) is 0 Å². The van der Waals surface area contributed by atoms with E-state index in [1.807, 2.05) is 4.68 Å². The Labute approximate surface area is 120 Å². The Kier molecular flexibility index (Phi) is 3.87. The fourth-order valence-corrected chi connectivity index (χ4v) is 2.79. The predicted octanol–water partition coefficient (Wildman–Crippen LogP) is 2.21. The molecule has 108 valence electrons. The van der Waals surface area contributed by atoms with Crippen LogP contribution < -0.4 is 5.32 Å². The Morgan fingerprint density at radius 1 is 1.40 bits per heavy atom. The lowest BCUT2D eigenvalue weighted by atomic mass is 10.1. The van der Waals surface area contributed by atoms with Crippen molar-refractivity contribution in [3.8, 4) is 0 Å². The van der Waals surface area contributed by atoms with Gasteiger partial charge in [-0.25, -0.2) is 9.67 Å². The molecule has 1 unspecified atom stereocenters. The van der Waals surface area contributed by atoms with E-state index in [1.54, 1.807) is 6.33 Å². The van der Waals surface area contributed by atoms with Gasteiger partial charge in [0.2, 0.25) is 0 Å². The van der Waals surface area contributed by atoms with Crippen molar-refractivity contribution in [2.24, 2.45) is 5.92 Å². The quantitative estimate of drug-likeness (QED) is 0.841. The zero-order chi connectivity index (χ0) is 13.9. The van der Waals surface area contributed by atoms with Crippen LogP contribution in [-0.4, -0.2) is 25.9 Å². The molecule has 0 radical (unpaired) electrons. The summed E-state index contributed by atoms with van der Waals surface area (Å²) in [6.07, 6.45) is 8.74. The molecule has 0 saturated heterocycles. The van der Waals surface area contributed by atoms with Gasteiger partial charge < -0.3 is 9.88 Å². The van der Waals surface area contributed by atoms with Crippen LogP contribution in [0.3, 0.4) is 0 Å². The lowest BCUT2D eigenvalue weighted by Crippen LogP contribution is -2.22. The normalized spacial score (nSPS) is 16.5. The Morgan fingerprint density at radius 2 is 2.25 bits per heavy atom. The fourth-order valence-electron chi connectivity index (χ4n) is 2.79. The largest absolute Gasteiger partial charge is 0.346 e. The lowest BCUT2D eigenvalue weighted by Gasteiger charge is -2.15. The van der Waals surface area contributed by atoms with E-state index in [0.717, 1.165) is 31.4 Å². The summed E-state index contributed by atoms with van der Waals surface area (Å²) < 4.78 is 4.15. The van der Waals surface area contributed by atoms with Crippen LogP contribution >= 0.6 is 0 Å². The van der Waals surface area contributed by atoms with Gasteiger partial charge in [0.25, 0.3) is 0 Å². The standard InChI is InChI=1S/C15H23N5/c1-3-16-15(12-5-6-12)13-7-8-19(9-13)10-14-17-11-18-20(14)4-2/h7-9,11-12,15-16H,3-6,10H2,1-2H3. The molecule has 2 aromatic heterocycles. The first-order valence-electron chi connectivity index (χ1n) is 7.57. The number of aromatic nitrogens is 4. The van der Waals surface area contributed by atoms with E-state index in [0.29, 0.717) is 6.04 Å². The van der Waals surface area contributed by atoms with Gasteiger partial charge in [0.15, 0.2) is 0 Å². The van der Waals surface area contributed by atoms with Gasteiger partial charge in [-0.2, -0.15) is 5.10 Å². The van der Waals surface area contributed by atoms with Crippen LogP contribution in [0.1, 0.15) is 44.1 Å². The first-order chi connectivity index (χ1) is 9.81. The first-order valence-corrected chi connectivity index (χ1v) is 7.57.